The van der Waals surface area contributed by atoms with Crippen LogP contribution >= 0.6 is 0 Å². The van der Waals surface area contributed by atoms with E-state index in [1.807, 2.05) is 36.4 Å². The van der Waals surface area contributed by atoms with Crippen LogP contribution in [0.1, 0.15) is 21.9 Å². The Bertz CT molecular complexity index is 800. The molecule has 1 amide bonds. The van der Waals surface area contributed by atoms with Crippen LogP contribution in [-0.2, 0) is 6.18 Å². The third kappa shape index (κ3) is 5.13. The van der Waals surface area contributed by atoms with Crippen molar-refractivity contribution >= 4 is 12.0 Å². The second-order valence-electron chi connectivity index (χ2n) is 6.17. The number of carbonyl (C=O) groups excluding carboxylic acids is 1. The third-order valence-electron chi connectivity index (χ3n) is 4.27. The number of halogens is 3. The van der Waals surface area contributed by atoms with E-state index in [4.69, 9.17) is 0 Å². The molecule has 0 N–H and O–H groups in total. The molecule has 0 unspecified atom stereocenters. The number of carbonyl (C=O) groups is 1. The van der Waals surface area contributed by atoms with Crippen LogP contribution in [0, 0.1) is 0 Å². The van der Waals surface area contributed by atoms with Gasteiger partial charge >= 0.3 is 6.18 Å². The van der Waals surface area contributed by atoms with Crippen LogP contribution in [-0.4, -0.2) is 58.4 Å². The lowest BCUT2D eigenvalue weighted by Gasteiger charge is -2.33. The molecule has 2 heterocycles. The zero-order valence-corrected chi connectivity index (χ0v) is 14.6. The summed E-state index contributed by atoms with van der Waals surface area (Å²) in [4.78, 5) is 23.1. The fourth-order valence-electron chi connectivity index (χ4n) is 2.80. The molecule has 2 aromatic rings. The van der Waals surface area contributed by atoms with Gasteiger partial charge in [-0.1, -0.05) is 42.5 Å². The van der Waals surface area contributed by atoms with Crippen LogP contribution < -0.4 is 0 Å². The van der Waals surface area contributed by atoms with Crippen LogP contribution in [0.15, 0.2) is 48.7 Å². The van der Waals surface area contributed by atoms with Gasteiger partial charge in [-0.05, 0) is 11.6 Å². The summed E-state index contributed by atoms with van der Waals surface area (Å²) in [7, 11) is 0. The quantitative estimate of drug-likeness (QED) is 0.823. The highest BCUT2D eigenvalue weighted by Crippen LogP contribution is 2.27. The minimum Gasteiger partial charge on any atom is -0.333 e. The van der Waals surface area contributed by atoms with E-state index in [-0.39, 0.29) is 0 Å². The van der Waals surface area contributed by atoms with Gasteiger partial charge in [-0.2, -0.15) is 13.2 Å². The van der Waals surface area contributed by atoms with Crippen LogP contribution in [0.4, 0.5) is 13.2 Å². The molecule has 0 spiro atoms. The van der Waals surface area contributed by atoms with Crippen molar-refractivity contribution in [3.63, 3.8) is 0 Å². The average molecular weight is 376 g/mol. The second kappa shape index (κ2) is 8.30. The Morgan fingerprint density at radius 2 is 1.78 bits per heavy atom. The van der Waals surface area contributed by atoms with Gasteiger partial charge in [-0.25, -0.2) is 9.97 Å². The molecule has 8 heteroatoms. The Balaban J connectivity index is 1.53. The summed E-state index contributed by atoms with van der Waals surface area (Å²) in [5, 5.41) is 0. The van der Waals surface area contributed by atoms with Crippen LogP contribution in [0.5, 0.6) is 0 Å². The molecule has 0 saturated carbocycles. The molecule has 1 aromatic carbocycles. The highest BCUT2D eigenvalue weighted by atomic mass is 19.4. The van der Waals surface area contributed by atoms with E-state index < -0.39 is 23.6 Å². The molecule has 27 heavy (non-hydrogen) atoms. The molecule has 1 fully saturated rings. The van der Waals surface area contributed by atoms with Gasteiger partial charge in [0.1, 0.15) is 5.69 Å². The zero-order valence-electron chi connectivity index (χ0n) is 14.6. The summed E-state index contributed by atoms with van der Waals surface area (Å²) in [6, 6.07) is 10.7. The van der Waals surface area contributed by atoms with E-state index in [0.717, 1.165) is 24.4 Å². The lowest BCUT2D eigenvalue weighted by molar-refractivity contribution is -0.141. The largest absolute Gasteiger partial charge is 0.433 e. The second-order valence-corrected chi connectivity index (χ2v) is 6.17. The van der Waals surface area contributed by atoms with Crippen molar-refractivity contribution in [1.29, 1.82) is 0 Å². The average Bonchev–Trinajstić information content (AvgIpc) is 2.68. The molecule has 3 rings (SSSR count). The topological polar surface area (TPSA) is 49.3 Å². The number of nitrogens with zero attached hydrogens (tertiary/aromatic N) is 4. The number of amides is 1. The van der Waals surface area contributed by atoms with E-state index >= 15 is 0 Å². The molecular weight excluding hydrogens is 357 g/mol. The van der Waals surface area contributed by atoms with Gasteiger partial charge in [0, 0.05) is 38.9 Å². The van der Waals surface area contributed by atoms with E-state index in [9.17, 15) is 18.0 Å². The van der Waals surface area contributed by atoms with E-state index in [2.05, 4.69) is 20.9 Å². The Labute approximate surface area is 155 Å². The fourth-order valence-corrected chi connectivity index (χ4v) is 2.80. The van der Waals surface area contributed by atoms with E-state index in [1.54, 1.807) is 0 Å². The van der Waals surface area contributed by atoms with Gasteiger partial charge in [0.25, 0.3) is 5.91 Å². The summed E-state index contributed by atoms with van der Waals surface area (Å²) in [6.07, 6.45) is 0.464. The van der Waals surface area contributed by atoms with Gasteiger partial charge < -0.3 is 4.90 Å². The predicted molar refractivity (Wildman–Crippen MR) is 94.9 cm³/mol. The molecule has 1 aromatic heterocycles. The number of aromatic nitrogens is 2. The first-order valence-corrected chi connectivity index (χ1v) is 8.57. The molecule has 1 saturated heterocycles. The van der Waals surface area contributed by atoms with E-state index in [1.165, 1.54) is 4.90 Å². The van der Waals surface area contributed by atoms with Gasteiger partial charge in [0.2, 0.25) is 5.82 Å². The molecule has 0 aliphatic carbocycles. The Kier molecular flexibility index (Phi) is 5.85. The normalized spacial score (nSPS) is 16.0. The summed E-state index contributed by atoms with van der Waals surface area (Å²) in [6.45, 7) is 2.89. The van der Waals surface area contributed by atoms with Gasteiger partial charge in [-0.3, -0.25) is 9.69 Å². The Hall–Kier alpha value is -2.74. The van der Waals surface area contributed by atoms with Crippen molar-refractivity contribution in [1.82, 2.24) is 19.8 Å². The molecule has 5 nitrogen and oxygen atoms in total. The maximum absolute atomic E-state index is 12.7. The third-order valence-corrected chi connectivity index (χ3v) is 4.27. The van der Waals surface area contributed by atoms with Crippen molar-refractivity contribution in [2.45, 2.75) is 6.18 Å². The van der Waals surface area contributed by atoms with Gasteiger partial charge in [0.15, 0.2) is 0 Å². The standard InChI is InChI=1S/C19H19F3N4O/c20-19(21,22)16-8-9-23-17(24-16)18(27)26-13-11-25(12-14-26)10-4-7-15-5-2-1-3-6-15/h1-9H,10-14H2. The molecular formula is C19H19F3N4O. The summed E-state index contributed by atoms with van der Waals surface area (Å²) in [5.41, 5.74) is 0.0125. The van der Waals surface area contributed by atoms with Crippen molar-refractivity contribution in [3.8, 4) is 0 Å². The molecule has 0 atom stereocenters. The lowest BCUT2D eigenvalue weighted by atomic mass is 10.2. The minimum absolute atomic E-state index is 0.415. The van der Waals surface area contributed by atoms with Crippen LogP contribution in [0.25, 0.3) is 6.08 Å². The molecule has 142 valence electrons. The highest BCUT2D eigenvalue weighted by molar-refractivity contribution is 5.90. The maximum atomic E-state index is 12.7. The van der Waals surface area contributed by atoms with Crippen LogP contribution in [0.3, 0.4) is 0 Å². The number of piperazine rings is 1. The number of alkyl halides is 3. The van der Waals surface area contributed by atoms with Crippen molar-refractivity contribution in [2.24, 2.45) is 0 Å². The number of benzene rings is 1. The number of hydrogen-bond acceptors (Lipinski definition) is 4. The smallest absolute Gasteiger partial charge is 0.333 e. The first kappa shape index (κ1) is 19.0. The lowest BCUT2D eigenvalue weighted by Crippen LogP contribution is -2.49. The van der Waals surface area contributed by atoms with Crippen molar-refractivity contribution < 1.29 is 18.0 Å². The first-order chi connectivity index (χ1) is 12.9. The summed E-state index contributed by atoms with van der Waals surface area (Å²) in [5.74, 6) is -0.983. The number of hydrogen-bond donors (Lipinski definition) is 0. The molecule has 1 aliphatic heterocycles. The monoisotopic (exact) mass is 376 g/mol. The Morgan fingerprint density at radius 1 is 1.07 bits per heavy atom. The van der Waals surface area contributed by atoms with E-state index in [0.29, 0.717) is 26.2 Å². The van der Waals surface area contributed by atoms with Crippen molar-refractivity contribution in [2.75, 3.05) is 32.7 Å². The minimum atomic E-state index is -4.60. The van der Waals surface area contributed by atoms with Gasteiger partial charge in [-0.15, -0.1) is 0 Å². The summed E-state index contributed by atoms with van der Waals surface area (Å²) < 4.78 is 38.2. The first-order valence-electron chi connectivity index (χ1n) is 8.57. The SMILES string of the molecule is O=C(c1nccc(C(F)(F)F)n1)N1CCN(CC=Cc2ccccc2)CC1. The van der Waals surface area contributed by atoms with Crippen molar-refractivity contribution in [3.05, 3.63) is 65.8 Å². The molecule has 1 aliphatic rings. The number of rotatable bonds is 4. The molecule has 0 radical (unpaired) electrons. The fraction of sp³-hybridized carbons (Fsp3) is 0.316. The summed E-state index contributed by atoms with van der Waals surface area (Å²) >= 11 is 0. The van der Waals surface area contributed by atoms with Gasteiger partial charge in [0.05, 0.1) is 0 Å². The van der Waals surface area contributed by atoms with Crippen LogP contribution in [0.2, 0.25) is 0 Å². The highest BCUT2D eigenvalue weighted by Gasteiger charge is 2.34. The Morgan fingerprint density at radius 3 is 2.44 bits per heavy atom. The predicted octanol–water partition coefficient (Wildman–Crippen LogP) is 2.97. The maximum Gasteiger partial charge on any atom is 0.433 e. The molecule has 0 bridgehead atoms. The zero-order chi connectivity index (χ0) is 19.3.